The van der Waals surface area contributed by atoms with Gasteiger partial charge in [0, 0.05) is 63.3 Å². The highest BCUT2D eigenvalue weighted by Crippen LogP contribution is 2.56. The standard InChI is InChI=1S/C52H33N5/c1-3-10-36(11-4-1)52(37-12-5-2-6-13-37)45-15-9-27-55-51(45)43-31-49-42(30-46(43)52)40-14-7-8-16-47(40)56(49)38-21-17-34(18-22-38)35-19-23-39(24-20-35)57-48-26-29-53-32-44(48)41-25-28-54-33-50(41)57/h1-33H. The number of hydrogen-bond acceptors (Lipinski definition) is 3. The zero-order valence-electron chi connectivity index (χ0n) is 30.8. The molecule has 0 saturated carbocycles. The van der Waals surface area contributed by atoms with Crippen LogP contribution in [0.3, 0.4) is 0 Å². The molecular weight excluding hydrogens is 695 g/mol. The minimum absolute atomic E-state index is 0.508. The van der Waals surface area contributed by atoms with Crippen molar-refractivity contribution in [2.45, 2.75) is 5.41 Å². The van der Waals surface area contributed by atoms with E-state index in [1.54, 1.807) is 0 Å². The predicted molar refractivity (Wildman–Crippen MR) is 231 cm³/mol. The maximum Gasteiger partial charge on any atom is 0.0753 e. The Morgan fingerprint density at radius 3 is 1.70 bits per heavy atom. The van der Waals surface area contributed by atoms with Crippen LogP contribution >= 0.6 is 0 Å². The van der Waals surface area contributed by atoms with E-state index in [0.29, 0.717) is 0 Å². The van der Waals surface area contributed by atoms with Crippen molar-refractivity contribution < 1.29 is 0 Å². The molecule has 0 aliphatic heterocycles. The fourth-order valence-corrected chi connectivity index (χ4v) is 9.63. The third kappa shape index (κ3) is 4.48. The Kier molecular flexibility index (Phi) is 6.78. The van der Waals surface area contributed by atoms with E-state index in [-0.39, 0.29) is 0 Å². The molecule has 11 aromatic rings. The molecule has 5 heterocycles. The summed E-state index contributed by atoms with van der Waals surface area (Å²) in [6.45, 7) is 0. The molecule has 266 valence electrons. The second-order valence-electron chi connectivity index (χ2n) is 14.9. The molecule has 0 radical (unpaired) electrons. The zero-order chi connectivity index (χ0) is 37.5. The van der Waals surface area contributed by atoms with Crippen molar-refractivity contribution in [1.29, 1.82) is 0 Å². The number of para-hydroxylation sites is 1. The highest BCUT2D eigenvalue weighted by atomic mass is 15.0. The molecule has 0 bridgehead atoms. The zero-order valence-corrected chi connectivity index (χ0v) is 30.8. The van der Waals surface area contributed by atoms with Crippen LogP contribution < -0.4 is 0 Å². The smallest absolute Gasteiger partial charge is 0.0753 e. The van der Waals surface area contributed by atoms with Gasteiger partial charge in [0.2, 0.25) is 0 Å². The number of rotatable bonds is 5. The molecular formula is C52H33N5. The molecule has 0 saturated heterocycles. The lowest BCUT2D eigenvalue weighted by molar-refractivity contribution is 0.767. The van der Waals surface area contributed by atoms with Gasteiger partial charge in [0.1, 0.15) is 0 Å². The lowest BCUT2D eigenvalue weighted by atomic mass is 9.68. The van der Waals surface area contributed by atoms with Crippen LogP contribution in [0, 0.1) is 0 Å². The van der Waals surface area contributed by atoms with Crippen LogP contribution in [0.1, 0.15) is 22.3 Å². The molecule has 1 aliphatic rings. The van der Waals surface area contributed by atoms with Gasteiger partial charge in [0.05, 0.1) is 39.4 Å². The Bertz CT molecular complexity index is 3230. The SMILES string of the molecule is c1ccc(C2(c3ccccc3)c3cc4c5ccccc5n(-c5ccc(-c6ccc(-n7c8ccncc8c8ccncc87)cc6)cc5)c4cc3-c3ncccc32)cc1. The first-order valence-electron chi connectivity index (χ1n) is 19.3. The topological polar surface area (TPSA) is 48.5 Å². The molecule has 57 heavy (non-hydrogen) atoms. The number of pyridine rings is 3. The van der Waals surface area contributed by atoms with E-state index in [9.17, 15) is 0 Å². The first kappa shape index (κ1) is 31.7. The summed E-state index contributed by atoms with van der Waals surface area (Å²) < 4.78 is 4.68. The summed E-state index contributed by atoms with van der Waals surface area (Å²) >= 11 is 0. The van der Waals surface area contributed by atoms with Gasteiger partial charge >= 0.3 is 0 Å². The summed E-state index contributed by atoms with van der Waals surface area (Å²) in [6.07, 6.45) is 9.49. The number of aromatic nitrogens is 5. The lowest BCUT2D eigenvalue weighted by Crippen LogP contribution is -2.28. The fourth-order valence-electron chi connectivity index (χ4n) is 9.63. The summed E-state index contributed by atoms with van der Waals surface area (Å²) in [4.78, 5) is 13.9. The van der Waals surface area contributed by atoms with E-state index in [1.165, 1.54) is 44.1 Å². The minimum atomic E-state index is -0.508. The summed E-state index contributed by atoms with van der Waals surface area (Å²) in [6, 6.07) is 61.7. The first-order chi connectivity index (χ1) is 28.3. The summed E-state index contributed by atoms with van der Waals surface area (Å²) in [5.74, 6) is 0. The number of fused-ring (bicyclic) bond motifs is 9. The van der Waals surface area contributed by atoms with Crippen molar-refractivity contribution in [3.8, 4) is 33.8 Å². The van der Waals surface area contributed by atoms with Crippen molar-refractivity contribution in [3.63, 3.8) is 0 Å². The van der Waals surface area contributed by atoms with E-state index < -0.39 is 5.41 Å². The summed E-state index contributed by atoms with van der Waals surface area (Å²) in [5, 5.41) is 4.72. The van der Waals surface area contributed by atoms with E-state index in [0.717, 1.165) is 55.5 Å². The number of hydrogen-bond donors (Lipinski definition) is 0. The maximum absolute atomic E-state index is 5.09. The average molecular weight is 728 g/mol. The van der Waals surface area contributed by atoms with Crippen LogP contribution in [-0.2, 0) is 5.41 Å². The van der Waals surface area contributed by atoms with Crippen molar-refractivity contribution in [2.75, 3.05) is 0 Å². The second kappa shape index (κ2) is 12.2. The van der Waals surface area contributed by atoms with Gasteiger partial charge in [-0.05, 0) is 94.0 Å². The van der Waals surface area contributed by atoms with Crippen LogP contribution in [0.4, 0.5) is 0 Å². The first-order valence-corrected chi connectivity index (χ1v) is 19.3. The molecule has 1 aliphatic carbocycles. The third-order valence-electron chi connectivity index (χ3n) is 12.1. The summed E-state index contributed by atoms with van der Waals surface area (Å²) in [7, 11) is 0. The third-order valence-corrected chi connectivity index (χ3v) is 12.1. The van der Waals surface area contributed by atoms with Crippen LogP contribution in [0.25, 0.3) is 77.4 Å². The average Bonchev–Trinajstić information content (AvgIpc) is 3.90. The molecule has 0 fully saturated rings. The molecule has 12 rings (SSSR count). The van der Waals surface area contributed by atoms with Crippen molar-refractivity contribution >= 4 is 43.6 Å². The van der Waals surface area contributed by atoms with Crippen LogP contribution in [0.15, 0.2) is 201 Å². The number of nitrogens with zero attached hydrogens (tertiary/aromatic N) is 5. The van der Waals surface area contributed by atoms with Gasteiger partial charge in [0.25, 0.3) is 0 Å². The largest absolute Gasteiger partial charge is 0.309 e. The molecule has 0 spiro atoms. The van der Waals surface area contributed by atoms with Crippen molar-refractivity contribution in [3.05, 3.63) is 223 Å². The lowest BCUT2D eigenvalue weighted by Gasteiger charge is -2.33. The predicted octanol–water partition coefficient (Wildman–Crippen LogP) is 12.1. The van der Waals surface area contributed by atoms with Gasteiger partial charge < -0.3 is 9.13 Å². The molecule has 6 aromatic carbocycles. The van der Waals surface area contributed by atoms with Crippen molar-refractivity contribution in [1.82, 2.24) is 24.1 Å². The van der Waals surface area contributed by atoms with E-state index in [4.69, 9.17) is 4.98 Å². The maximum atomic E-state index is 5.09. The van der Waals surface area contributed by atoms with E-state index >= 15 is 0 Å². The van der Waals surface area contributed by atoms with E-state index in [2.05, 4.69) is 189 Å². The fraction of sp³-hybridized carbons (Fsp3) is 0.0192. The molecule has 0 amide bonds. The Morgan fingerprint density at radius 2 is 0.982 bits per heavy atom. The highest BCUT2D eigenvalue weighted by Gasteiger charge is 2.47. The van der Waals surface area contributed by atoms with Crippen LogP contribution in [0.2, 0.25) is 0 Å². The minimum Gasteiger partial charge on any atom is -0.309 e. The Hall–Kier alpha value is -7.63. The van der Waals surface area contributed by atoms with Gasteiger partial charge in [0.15, 0.2) is 0 Å². The molecule has 5 heteroatoms. The highest BCUT2D eigenvalue weighted by molar-refractivity contribution is 6.12. The van der Waals surface area contributed by atoms with Gasteiger partial charge in [-0.15, -0.1) is 0 Å². The Balaban J connectivity index is 1.00. The molecule has 0 N–H and O–H groups in total. The summed E-state index contributed by atoms with van der Waals surface area (Å²) in [5.41, 5.74) is 15.7. The van der Waals surface area contributed by atoms with Gasteiger partial charge in [-0.3, -0.25) is 15.0 Å². The Labute approximate surface area is 328 Å². The van der Waals surface area contributed by atoms with Crippen LogP contribution in [0.5, 0.6) is 0 Å². The Morgan fingerprint density at radius 1 is 0.386 bits per heavy atom. The normalized spacial score (nSPS) is 13.1. The van der Waals surface area contributed by atoms with Gasteiger partial charge in [-0.2, -0.15) is 0 Å². The molecule has 5 nitrogen and oxygen atoms in total. The monoisotopic (exact) mass is 727 g/mol. The second-order valence-corrected chi connectivity index (χ2v) is 14.9. The van der Waals surface area contributed by atoms with Gasteiger partial charge in [-0.1, -0.05) is 109 Å². The molecule has 0 atom stereocenters. The molecule has 5 aromatic heterocycles. The van der Waals surface area contributed by atoms with Crippen LogP contribution in [-0.4, -0.2) is 24.1 Å². The number of benzene rings is 6. The van der Waals surface area contributed by atoms with E-state index in [1.807, 2.05) is 31.0 Å². The van der Waals surface area contributed by atoms with Crippen molar-refractivity contribution in [2.24, 2.45) is 0 Å². The quantitative estimate of drug-likeness (QED) is 0.177. The molecule has 0 unspecified atom stereocenters. The van der Waals surface area contributed by atoms with Gasteiger partial charge in [-0.25, -0.2) is 0 Å².